The first-order valence-electron chi connectivity index (χ1n) is 11.0. The number of nitrogens with one attached hydrogen (secondary N) is 1. The molecule has 178 valence electrons. The summed E-state index contributed by atoms with van der Waals surface area (Å²) in [5.41, 5.74) is 5.74. The molecule has 8 heteroatoms. The summed E-state index contributed by atoms with van der Waals surface area (Å²) < 4.78 is 33.3. The quantitative estimate of drug-likeness (QED) is 0.517. The third-order valence-corrected chi connectivity index (χ3v) is 8.15. The first kappa shape index (κ1) is 24.3. The van der Waals surface area contributed by atoms with Crippen LogP contribution in [0.5, 0.6) is 5.75 Å². The molecule has 1 N–H and O–H groups in total. The van der Waals surface area contributed by atoms with Crippen LogP contribution in [0.2, 0.25) is 5.02 Å². The number of benzene rings is 3. The summed E-state index contributed by atoms with van der Waals surface area (Å²) in [6.45, 7) is 6.49. The van der Waals surface area contributed by atoms with Gasteiger partial charge in [0.15, 0.2) is 6.61 Å². The fourth-order valence-corrected chi connectivity index (χ4v) is 5.61. The molecule has 0 aliphatic carbocycles. The van der Waals surface area contributed by atoms with E-state index in [0.717, 1.165) is 27.8 Å². The average Bonchev–Trinajstić information content (AvgIpc) is 2.80. The average molecular weight is 499 g/mol. The van der Waals surface area contributed by atoms with Gasteiger partial charge in [0, 0.05) is 23.8 Å². The van der Waals surface area contributed by atoms with E-state index >= 15 is 0 Å². The maximum Gasteiger partial charge on any atom is 0.262 e. The third-order valence-electron chi connectivity index (χ3n) is 6.04. The number of carbonyl (C=O) groups excluding carboxylic acids is 1. The van der Waals surface area contributed by atoms with E-state index in [2.05, 4.69) is 11.4 Å². The molecule has 0 aromatic heterocycles. The van der Waals surface area contributed by atoms with Crippen molar-refractivity contribution in [2.24, 2.45) is 0 Å². The largest absolute Gasteiger partial charge is 0.483 e. The molecule has 0 spiro atoms. The van der Waals surface area contributed by atoms with Crippen molar-refractivity contribution in [1.82, 2.24) is 4.31 Å². The predicted octanol–water partition coefficient (Wildman–Crippen LogP) is 5.03. The summed E-state index contributed by atoms with van der Waals surface area (Å²) in [5, 5.41) is 3.34. The molecule has 6 nitrogen and oxygen atoms in total. The van der Waals surface area contributed by atoms with E-state index in [-0.39, 0.29) is 24.0 Å². The van der Waals surface area contributed by atoms with Gasteiger partial charge in [-0.05, 0) is 97.5 Å². The highest BCUT2D eigenvalue weighted by atomic mass is 35.5. The third kappa shape index (κ3) is 5.27. The van der Waals surface area contributed by atoms with Gasteiger partial charge in [-0.25, -0.2) is 8.42 Å². The number of nitrogens with zero attached hydrogens (tertiary/aromatic N) is 1. The van der Waals surface area contributed by atoms with Gasteiger partial charge >= 0.3 is 0 Å². The van der Waals surface area contributed by atoms with Gasteiger partial charge in [-0.3, -0.25) is 4.79 Å². The van der Waals surface area contributed by atoms with Crippen LogP contribution in [0.4, 0.5) is 5.69 Å². The second kappa shape index (κ2) is 9.78. The number of hydrogen-bond donors (Lipinski definition) is 1. The van der Waals surface area contributed by atoms with Gasteiger partial charge < -0.3 is 10.1 Å². The minimum absolute atomic E-state index is 0.113. The molecule has 1 aliphatic rings. The summed E-state index contributed by atoms with van der Waals surface area (Å²) in [4.78, 5) is 12.7. The second-order valence-electron chi connectivity index (χ2n) is 8.57. The molecule has 34 heavy (non-hydrogen) atoms. The summed E-state index contributed by atoms with van der Waals surface area (Å²) in [7, 11) is -3.64. The first-order valence-corrected chi connectivity index (χ1v) is 12.8. The van der Waals surface area contributed by atoms with Crippen molar-refractivity contribution in [3.8, 4) is 5.75 Å². The van der Waals surface area contributed by atoms with Crippen LogP contribution in [-0.4, -0.2) is 31.8 Å². The van der Waals surface area contributed by atoms with Gasteiger partial charge in [-0.15, -0.1) is 0 Å². The number of amides is 1. The summed E-state index contributed by atoms with van der Waals surface area (Å²) in [6, 6.07) is 15.8. The van der Waals surface area contributed by atoms with Gasteiger partial charge in [0.05, 0.1) is 4.90 Å². The van der Waals surface area contributed by atoms with Crippen molar-refractivity contribution in [3.63, 3.8) is 0 Å². The Bertz CT molecular complexity index is 1340. The van der Waals surface area contributed by atoms with Crippen molar-refractivity contribution in [2.75, 3.05) is 18.5 Å². The van der Waals surface area contributed by atoms with E-state index in [1.807, 2.05) is 45.0 Å². The Morgan fingerprint density at radius 2 is 1.76 bits per heavy atom. The van der Waals surface area contributed by atoms with Gasteiger partial charge in [0.2, 0.25) is 10.0 Å². The molecule has 1 heterocycles. The topological polar surface area (TPSA) is 75.7 Å². The van der Waals surface area contributed by atoms with Crippen LogP contribution in [-0.2, 0) is 27.8 Å². The lowest BCUT2D eigenvalue weighted by Gasteiger charge is -2.28. The molecule has 0 unspecified atom stereocenters. The normalized spacial score (nSPS) is 13.9. The van der Waals surface area contributed by atoms with Gasteiger partial charge in [0.25, 0.3) is 5.91 Å². The van der Waals surface area contributed by atoms with E-state index in [1.54, 1.807) is 12.1 Å². The molecular formula is C26H27ClN2O4S. The SMILES string of the molecule is Cc1cc(C)c(C)c(OCC(=O)Nc2ccc3c(c2)CN(S(=O)(=O)c2ccc(Cl)cc2)CC3)c1. The lowest BCUT2D eigenvalue weighted by atomic mass is 10.0. The summed E-state index contributed by atoms with van der Waals surface area (Å²) in [5.74, 6) is 0.418. The number of aryl methyl sites for hydroxylation is 2. The molecule has 1 amide bonds. The van der Waals surface area contributed by atoms with E-state index < -0.39 is 10.0 Å². The number of fused-ring (bicyclic) bond motifs is 1. The fourth-order valence-electron chi connectivity index (χ4n) is 4.06. The molecule has 0 radical (unpaired) electrons. The van der Waals surface area contributed by atoms with Crippen LogP contribution in [0, 0.1) is 20.8 Å². The predicted molar refractivity (Wildman–Crippen MR) is 134 cm³/mol. The highest BCUT2D eigenvalue weighted by Gasteiger charge is 2.28. The second-order valence-corrected chi connectivity index (χ2v) is 10.9. The summed E-state index contributed by atoms with van der Waals surface area (Å²) >= 11 is 5.90. The van der Waals surface area contributed by atoms with Crippen LogP contribution in [0.15, 0.2) is 59.5 Å². The van der Waals surface area contributed by atoms with Crippen LogP contribution in [0.25, 0.3) is 0 Å². The number of sulfonamides is 1. The zero-order valence-corrected chi connectivity index (χ0v) is 21.0. The molecule has 3 aromatic rings. The molecular weight excluding hydrogens is 472 g/mol. The Labute approximate surface area is 205 Å². The molecule has 0 saturated heterocycles. The summed E-state index contributed by atoms with van der Waals surface area (Å²) in [6.07, 6.45) is 0.603. The highest BCUT2D eigenvalue weighted by Crippen LogP contribution is 2.28. The van der Waals surface area contributed by atoms with Crippen LogP contribution in [0.3, 0.4) is 0 Å². The van der Waals surface area contributed by atoms with E-state index in [0.29, 0.717) is 29.4 Å². The number of hydrogen-bond acceptors (Lipinski definition) is 4. The Balaban J connectivity index is 1.44. The Kier molecular flexibility index (Phi) is 6.98. The molecule has 0 bridgehead atoms. The smallest absolute Gasteiger partial charge is 0.262 e. The molecule has 1 aliphatic heterocycles. The van der Waals surface area contributed by atoms with E-state index in [4.69, 9.17) is 16.3 Å². The van der Waals surface area contributed by atoms with Crippen molar-refractivity contribution < 1.29 is 17.9 Å². The monoisotopic (exact) mass is 498 g/mol. The van der Waals surface area contributed by atoms with Crippen LogP contribution >= 0.6 is 11.6 Å². The number of ether oxygens (including phenoxy) is 1. The van der Waals surface area contributed by atoms with Gasteiger partial charge in [-0.2, -0.15) is 4.31 Å². The van der Waals surface area contributed by atoms with Gasteiger partial charge in [0.1, 0.15) is 5.75 Å². The fraction of sp³-hybridized carbons (Fsp3) is 0.269. The molecule has 0 saturated carbocycles. The lowest BCUT2D eigenvalue weighted by Crippen LogP contribution is -2.36. The maximum atomic E-state index is 13.1. The van der Waals surface area contributed by atoms with E-state index in [9.17, 15) is 13.2 Å². The zero-order valence-electron chi connectivity index (χ0n) is 19.4. The van der Waals surface area contributed by atoms with Crippen molar-refractivity contribution in [1.29, 1.82) is 0 Å². The van der Waals surface area contributed by atoms with Crippen LogP contribution < -0.4 is 10.1 Å². The van der Waals surface area contributed by atoms with Crippen LogP contribution in [0.1, 0.15) is 27.8 Å². The lowest BCUT2D eigenvalue weighted by molar-refractivity contribution is -0.118. The number of carbonyl (C=O) groups is 1. The standard InChI is InChI=1S/C26H27ClN2O4S/c1-17-12-18(2)19(3)25(13-17)33-16-26(30)28-23-7-4-20-10-11-29(15-21(20)14-23)34(31,32)24-8-5-22(27)6-9-24/h4-9,12-14H,10-11,15-16H2,1-3H3,(H,28,30). The first-order chi connectivity index (χ1) is 16.1. The molecule has 0 fully saturated rings. The molecule has 0 atom stereocenters. The Morgan fingerprint density at radius 1 is 1.03 bits per heavy atom. The number of anilines is 1. The van der Waals surface area contributed by atoms with Crippen molar-refractivity contribution >= 4 is 33.2 Å². The molecule has 3 aromatic carbocycles. The Morgan fingerprint density at radius 3 is 2.50 bits per heavy atom. The van der Waals surface area contributed by atoms with Crippen molar-refractivity contribution in [3.05, 3.63) is 87.4 Å². The van der Waals surface area contributed by atoms with Crippen molar-refractivity contribution in [2.45, 2.75) is 38.6 Å². The van der Waals surface area contributed by atoms with E-state index in [1.165, 1.54) is 16.4 Å². The number of halogens is 1. The maximum absolute atomic E-state index is 13.1. The highest BCUT2D eigenvalue weighted by molar-refractivity contribution is 7.89. The minimum atomic E-state index is -3.64. The number of rotatable bonds is 6. The zero-order chi connectivity index (χ0) is 24.5. The Hall–Kier alpha value is -2.87. The molecule has 4 rings (SSSR count). The minimum Gasteiger partial charge on any atom is -0.483 e. The van der Waals surface area contributed by atoms with Gasteiger partial charge in [-0.1, -0.05) is 23.7 Å².